The molecule has 5 nitrogen and oxygen atoms in total. The predicted octanol–water partition coefficient (Wildman–Crippen LogP) is 1.34. The number of hydrogen-bond acceptors (Lipinski definition) is 4. The summed E-state index contributed by atoms with van der Waals surface area (Å²) in [4.78, 5) is 13.9. The monoisotopic (exact) mass is 306 g/mol. The van der Waals surface area contributed by atoms with Crippen molar-refractivity contribution in [2.75, 3.05) is 33.3 Å². The Kier molecular flexibility index (Phi) is 5.80. The number of amides is 1. The first kappa shape index (κ1) is 16.8. The van der Waals surface area contributed by atoms with Gasteiger partial charge in [-0.2, -0.15) is 0 Å². The van der Waals surface area contributed by atoms with Crippen molar-refractivity contribution < 1.29 is 14.6 Å². The number of carbonyl (C=O) groups is 1. The van der Waals surface area contributed by atoms with Crippen molar-refractivity contribution in [1.82, 2.24) is 10.2 Å². The van der Waals surface area contributed by atoms with Crippen LogP contribution in [0.5, 0.6) is 5.75 Å². The van der Waals surface area contributed by atoms with Gasteiger partial charge in [-0.1, -0.05) is 18.2 Å². The third kappa shape index (κ3) is 5.00. The van der Waals surface area contributed by atoms with Crippen LogP contribution in [0.4, 0.5) is 0 Å². The summed E-state index contributed by atoms with van der Waals surface area (Å²) >= 11 is 0. The van der Waals surface area contributed by atoms with Crippen LogP contribution in [-0.4, -0.2) is 54.8 Å². The Morgan fingerprint density at radius 1 is 1.45 bits per heavy atom. The van der Waals surface area contributed by atoms with E-state index in [1.807, 2.05) is 38.2 Å². The summed E-state index contributed by atoms with van der Waals surface area (Å²) in [5, 5.41) is 13.1. The maximum Gasteiger partial charge on any atom is 0.220 e. The van der Waals surface area contributed by atoms with E-state index in [0.717, 1.165) is 17.9 Å². The molecule has 0 unspecified atom stereocenters. The molecule has 22 heavy (non-hydrogen) atoms. The summed E-state index contributed by atoms with van der Waals surface area (Å²) in [7, 11) is 1.97. The average Bonchev–Trinajstić information content (AvgIpc) is 2.83. The van der Waals surface area contributed by atoms with E-state index >= 15 is 0 Å². The van der Waals surface area contributed by atoms with Gasteiger partial charge in [0.05, 0.1) is 12.2 Å². The van der Waals surface area contributed by atoms with E-state index < -0.39 is 5.60 Å². The lowest BCUT2D eigenvalue weighted by atomic mass is 10.0. The Bertz CT molecular complexity index is 506. The van der Waals surface area contributed by atoms with Crippen molar-refractivity contribution in [2.24, 2.45) is 0 Å². The Morgan fingerprint density at radius 2 is 2.23 bits per heavy atom. The second-order valence-electron chi connectivity index (χ2n) is 6.21. The molecule has 0 bridgehead atoms. The van der Waals surface area contributed by atoms with Gasteiger partial charge in [0.25, 0.3) is 0 Å². The molecule has 0 aromatic heterocycles. The molecule has 0 spiro atoms. The molecule has 1 aromatic carbocycles. The number of aryl methyl sites for hydroxylation is 1. The predicted molar refractivity (Wildman–Crippen MR) is 86.0 cm³/mol. The molecule has 1 amide bonds. The molecule has 1 saturated heterocycles. The standard InChI is InChI=1S/C17H26N2O3/c1-14-6-3-4-7-15(14)22-11-5-8-16(20)18-12-17(21)9-10-19(2)13-17/h3-4,6-7,21H,5,8-13H2,1-2H3,(H,18,20)/t17-/m1/s1. The van der Waals surface area contributed by atoms with Gasteiger partial charge in [0.15, 0.2) is 0 Å². The Hall–Kier alpha value is -1.59. The summed E-state index contributed by atoms with van der Waals surface area (Å²) < 4.78 is 5.66. The Balaban J connectivity index is 1.61. The van der Waals surface area contributed by atoms with Gasteiger partial charge < -0.3 is 20.1 Å². The summed E-state index contributed by atoms with van der Waals surface area (Å²) in [5.41, 5.74) is 0.321. The van der Waals surface area contributed by atoms with Crippen LogP contribution in [0, 0.1) is 6.92 Å². The van der Waals surface area contributed by atoms with E-state index in [-0.39, 0.29) is 5.91 Å². The van der Waals surface area contributed by atoms with Gasteiger partial charge in [-0.15, -0.1) is 0 Å². The van der Waals surface area contributed by atoms with E-state index in [2.05, 4.69) is 10.2 Å². The second-order valence-corrected chi connectivity index (χ2v) is 6.21. The first-order chi connectivity index (χ1) is 10.5. The summed E-state index contributed by atoms with van der Waals surface area (Å²) in [6.07, 6.45) is 1.79. The lowest BCUT2D eigenvalue weighted by molar-refractivity contribution is -0.122. The second kappa shape index (κ2) is 7.61. The minimum absolute atomic E-state index is 0.0311. The molecular formula is C17H26N2O3. The van der Waals surface area contributed by atoms with Crippen molar-refractivity contribution >= 4 is 5.91 Å². The van der Waals surface area contributed by atoms with E-state index in [1.54, 1.807) is 0 Å². The summed E-state index contributed by atoms with van der Waals surface area (Å²) in [5.74, 6) is 0.836. The van der Waals surface area contributed by atoms with E-state index in [9.17, 15) is 9.90 Å². The fraction of sp³-hybridized carbons (Fsp3) is 0.588. The first-order valence-electron chi connectivity index (χ1n) is 7.85. The molecule has 1 aliphatic heterocycles. The molecule has 1 fully saturated rings. The molecule has 2 N–H and O–H groups in total. The van der Waals surface area contributed by atoms with Crippen LogP contribution in [0.1, 0.15) is 24.8 Å². The summed E-state index contributed by atoms with van der Waals surface area (Å²) in [6.45, 7) is 4.34. The van der Waals surface area contributed by atoms with Crippen LogP contribution >= 0.6 is 0 Å². The fourth-order valence-corrected chi connectivity index (χ4v) is 2.69. The minimum Gasteiger partial charge on any atom is -0.493 e. The van der Waals surface area contributed by atoms with Crippen molar-refractivity contribution in [3.63, 3.8) is 0 Å². The lowest BCUT2D eigenvalue weighted by Crippen LogP contribution is -2.44. The highest BCUT2D eigenvalue weighted by molar-refractivity contribution is 5.75. The zero-order valence-electron chi connectivity index (χ0n) is 13.5. The molecule has 122 valence electrons. The molecule has 5 heteroatoms. The first-order valence-corrected chi connectivity index (χ1v) is 7.85. The maximum atomic E-state index is 11.8. The number of para-hydroxylation sites is 1. The Morgan fingerprint density at radius 3 is 2.91 bits per heavy atom. The number of nitrogens with one attached hydrogen (secondary N) is 1. The third-order valence-electron chi connectivity index (χ3n) is 4.04. The number of carbonyl (C=O) groups excluding carboxylic acids is 1. The number of aliphatic hydroxyl groups is 1. The van der Waals surface area contributed by atoms with E-state index in [0.29, 0.717) is 39.0 Å². The zero-order valence-corrected chi connectivity index (χ0v) is 13.5. The largest absolute Gasteiger partial charge is 0.493 e. The Labute approximate surface area is 132 Å². The average molecular weight is 306 g/mol. The molecule has 1 aromatic rings. The van der Waals surface area contributed by atoms with Crippen LogP contribution in [0.2, 0.25) is 0 Å². The number of likely N-dealkylation sites (N-methyl/N-ethyl adjacent to an activating group) is 1. The van der Waals surface area contributed by atoms with E-state index in [1.165, 1.54) is 0 Å². The zero-order chi connectivity index (χ0) is 16.0. The topological polar surface area (TPSA) is 61.8 Å². The quantitative estimate of drug-likeness (QED) is 0.746. The fourth-order valence-electron chi connectivity index (χ4n) is 2.69. The highest BCUT2D eigenvalue weighted by Crippen LogP contribution is 2.19. The molecule has 1 atom stereocenters. The minimum atomic E-state index is -0.776. The van der Waals surface area contributed by atoms with Crippen LogP contribution < -0.4 is 10.1 Å². The van der Waals surface area contributed by atoms with Gasteiger partial charge in [-0.05, 0) is 38.4 Å². The normalized spacial score (nSPS) is 21.8. The van der Waals surface area contributed by atoms with Gasteiger partial charge >= 0.3 is 0 Å². The molecule has 1 heterocycles. The van der Waals surface area contributed by atoms with Crippen LogP contribution in [0.15, 0.2) is 24.3 Å². The van der Waals surface area contributed by atoms with Gasteiger partial charge in [-0.3, -0.25) is 4.79 Å². The van der Waals surface area contributed by atoms with Gasteiger partial charge in [0, 0.05) is 26.1 Å². The highest BCUT2D eigenvalue weighted by Gasteiger charge is 2.34. The number of ether oxygens (including phenoxy) is 1. The number of benzene rings is 1. The highest BCUT2D eigenvalue weighted by atomic mass is 16.5. The molecule has 0 saturated carbocycles. The van der Waals surface area contributed by atoms with Crippen molar-refractivity contribution in [3.8, 4) is 5.75 Å². The number of β-amino-alcohol motifs (C(OH)–C–C–N with tert-alkyl or cyclic N) is 1. The van der Waals surface area contributed by atoms with E-state index in [4.69, 9.17) is 4.74 Å². The smallest absolute Gasteiger partial charge is 0.220 e. The number of nitrogens with zero attached hydrogens (tertiary/aromatic N) is 1. The molecular weight excluding hydrogens is 280 g/mol. The van der Waals surface area contributed by atoms with Gasteiger partial charge in [0.2, 0.25) is 5.91 Å². The molecule has 1 aliphatic rings. The lowest BCUT2D eigenvalue weighted by Gasteiger charge is -2.22. The number of hydrogen-bond donors (Lipinski definition) is 2. The maximum absolute atomic E-state index is 11.8. The van der Waals surface area contributed by atoms with Crippen LogP contribution in [-0.2, 0) is 4.79 Å². The summed E-state index contributed by atoms with van der Waals surface area (Å²) in [6, 6.07) is 7.85. The molecule has 0 radical (unpaired) electrons. The van der Waals surface area contributed by atoms with Gasteiger partial charge in [0.1, 0.15) is 5.75 Å². The molecule has 0 aliphatic carbocycles. The SMILES string of the molecule is Cc1ccccc1OCCCC(=O)NC[C@]1(O)CCN(C)C1. The van der Waals surface area contributed by atoms with Crippen molar-refractivity contribution in [2.45, 2.75) is 31.8 Å². The van der Waals surface area contributed by atoms with Crippen molar-refractivity contribution in [3.05, 3.63) is 29.8 Å². The molecule has 2 rings (SSSR count). The van der Waals surface area contributed by atoms with Crippen molar-refractivity contribution in [1.29, 1.82) is 0 Å². The third-order valence-corrected chi connectivity index (χ3v) is 4.04. The van der Waals surface area contributed by atoms with Gasteiger partial charge in [-0.25, -0.2) is 0 Å². The van der Waals surface area contributed by atoms with Crippen LogP contribution in [0.3, 0.4) is 0 Å². The van der Waals surface area contributed by atoms with Crippen LogP contribution in [0.25, 0.3) is 0 Å². The number of likely N-dealkylation sites (tertiary alicyclic amines) is 1. The number of rotatable bonds is 7.